The van der Waals surface area contributed by atoms with Crippen LogP contribution in [-0.2, 0) is 6.42 Å². The summed E-state index contributed by atoms with van der Waals surface area (Å²) in [4.78, 5) is 0. The third-order valence-corrected chi connectivity index (χ3v) is 3.21. The van der Waals surface area contributed by atoms with E-state index in [-0.39, 0.29) is 12.8 Å². The molecule has 0 radical (unpaired) electrons. The van der Waals surface area contributed by atoms with Crippen LogP contribution in [0, 0.1) is 0 Å². The Morgan fingerprint density at radius 3 is 2.57 bits per heavy atom. The summed E-state index contributed by atoms with van der Waals surface area (Å²) >= 11 is 0. The van der Waals surface area contributed by atoms with Crippen molar-refractivity contribution in [1.82, 2.24) is 0 Å². The molecule has 21 heavy (non-hydrogen) atoms. The van der Waals surface area contributed by atoms with E-state index in [9.17, 15) is 13.2 Å². The van der Waals surface area contributed by atoms with Gasteiger partial charge in [-0.05, 0) is 24.5 Å². The van der Waals surface area contributed by atoms with Gasteiger partial charge in [0.15, 0.2) is 11.5 Å². The number of nitrogens with two attached hydrogens (primary N) is 1. The zero-order valence-electron chi connectivity index (χ0n) is 11.7. The maximum absolute atomic E-state index is 12.2. The molecule has 0 spiro atoms. The minimum atomic E-state index is -4.24. The molecule has 0 aromatic heterocycles. The van der Waals surface area contributed by atoms with Crippen LogP contribution in [-0.4, -0.2) is 25.6 Å². The Morgan fingerprint density at radius 1 is 1.29 bits per heavy atom. The largest absolute Gasteiger partial charge is 0.493 e. The van der Waals surface area contributed by atoms with Crippen molar-refractivity contribution >= 4 is 0 Å². The highest BCUT2D eigenvalue weighted by atomic mass is 19.4. The van der Waals surface area contributed by atoms with Crippen molar-refractivity contribution in [3.05, 3.63) is 17.7 Å². The first kappa shape index (κ1) is 15.8. The molecule has 1 atom stereocenters. The predicted molar refractivity (Wildman–Crippen MR) is 70.7 cm³/mol. The lowest BCUT2D eigenvalue weighted by atomic mass is 10.0. The second kappa shape index (κ2) is 6.43. The van der Waals surface area contributed by atoms with Gasteiger partial charge in [-0.3, -0.25) is 0 Å². The molecular weight excluding hydrogens is 287 g/mol. The summed E-state index contributed by atoms with van der Waals surface area (Å²) in [5.74, 6) is 1.41. The number of hydrogen-bond donors (Lipinski definition) is 1. The molecule has 2 rings (SSSR count). The molecule has 7 heteroatoms. The Kier molecular flexibility index (Phi) is 4.82. The molecule has 2 N–H and O–H groups in total. The maximum atomic E-state index is 12.2. The van der Waals surface area contributed by atoms with Crippen molar-refractivity contribution in [3.63, 3.8) is 0 Å². The van der Waals surface area contributed by atoms with Crippen LogP contribution in [0.3, 0.4) is 0 Å². The summed E-state index contributed by atoms with van der Waals surface area (Å²) in [5.41, 5.74) is 6.64. The van der Waals surface area contributed by atoms with Gasteiger partial charge in [0, 0.05) is 12.1 Å². The molecule has 4 nitrogen and oxygen atoms in total. The van der Waals surface area contributed by atoms with Crippen molar-refractivity contribution in [2.75, 3.05) is 13.4 Å². The van der Waals surface area contributed by atoms with E-state index in [1.807, 2.05) is 6.92 Å². The van der Waals surface area contributed by atoms with E-state index in [0.717, 1.165) is 12.0 Å². The van der Waals surface area contributed by atoms with Crippen molar-refractivity contribution in [2.24, 2.45) is 5.73 Å². The van der Waals surface area contributed by atoms with Crippen LogP contribution in [0.4, 0.5) is 13.2 Å². The topological polar surface area (TPSA) is 53.7 Å². The fraction of sp³-hybridized carbons (Fsp3) is 0.571. The lowest BCUT2D eigenvalue weighted by molar-refractivity contribution is -0.139. The van der Waals surface area contributed by atoms with Gasteiger partial charge < -0.3 is 19.9 Å². The van der Waals surface area contributed by atoms with E-state index in [1.54, 1.807) is 12.1 Å². The van der Waals surface area contributed by atoms with Crippen LogP contribution in [0.1, 0.15) is 25.3 Å². The molecule has 1 heterocycles. The molecule has 1 aromatic rings. The average molecular weight is 305 g/mol. The van der Waals surface area contributed by atoms with Crippen molar-refractivity contribution < 1.29 is 27.4 Å². The van der Waals surface area contributed by atoms with Crippen LogP contribution in [0.25, 0.3) is 0 Å². The van der Waals surface area contributed by atoms with Crippen LogP contribution >= 0.6 is 0 Å². The van der Waals surface area contributed by atoms with Gasteiger partial charge in [0.1, 0.15) is 5.75 Å². The molecule has 1 unspecified atom stereocenters. The van der Waals surface area contributed by atoms with Crippen LogP contribution in [0.15, 0.2) is 12.1 Å². The van der Waals surface area contributed by atoms with E-state index >= 15 is 0 Å². The lowest BCUT2D eigenvalue weighted by Crippen LogP contribution is -2.22. The number of fused-ring (bicyclic) bond motifs is 1. The summed E-state index contributed by atoms with van der Waals surface area (Å²) in [5, 5.41) is 0. The van der Waals surface area contributed by atoms with Crippen molar-refractivity contribution in [2.45, 2.75) is 38.4 Å². The molecule has 1 aliphatic rings. The molecule has 1 aliphatic heterocycles. The van der Waals surface area contributed by atoms with Gasteiger partial charge in [0.2, 0.25) is 6.79 Å². The molecule has 118 valence electrons. The Hall–Kier alpha value is -1.63. The summed E-state index contributed by atoms with van der Waals surface area (Å²) in [6.45, 7) is 1.61. The normalized spacial score (nSPS) is 15.1. The summed E-state index contributed by atoms with van der Waals surface area (Å²) < 4.78 is 52.4. The van der Waals surface area contributed by atoms with Gasteiger partial charge in [-0.1, -0.05) is 6.92 Å². The molecule has 0 aliphatic carbocycles. The third kappa shape index (κ3) is 4.42. The first-order valence-electron chi connectivity index (χ1n) is 6.76. The highest BCUT2D eigenvalue weighted by molar-refractivity contribution is 5.52. The molecule has 0 saturated heterocycles. The fourth-order valence-corrected chi connectivity index (χ4v) is 1.96. The summed E-state index contributed by atoms with van der Waals surface area (Å²) in [7, 11) is 0. The van der Waals surface area contributed by atoms with Crippen LogP contribution in [0.5, 0.6) is 17.2 Å². The molecular formula is C14H18F3NO3. The summed E-state index contributed by atoms with van der Waals surface area (Å²) in [6.07, 6.45) is -3.97. The predicted octanol–water partition coefficient (Wildman–Crippen LogP) is 3.03. The Morgan fingerprint density at radius 2 is 1.95 bits per heavy atom. The minimum Gasteiger partial charge on any atom is -0.493 e. The lowest BCUT2D eigenvalue weighted by Gasteiger charge is -2.16. The fourth-order valence-electron chi connectivity index (χ4n) is 1.96. The second-order valence-corrected chi connectivity index (χ2v) is 4.90. The van der Waals surface area contributed by atoms with Crippen LogP contribution in [0.2, 0.25) is 0 Å². The summed E-state index contributed by atoms with van der Waals surface area (Å²) in [6, 6.07) is 3.20. The first-order chi connectivity index (χ1) is 9.89. The quantitative estimate of drug-likeness (QED) is 0.877. The van der Waals surface area contributed by atoms with Gasteiger partial charge in [0.05, 0.1) is 13.0 Å². The van der Waals surface area contributed by atoms with E-state index in [4.69, 9.17) is 19.9 Å². The van der Waals surface area contributed by atoms with Gasteiger partial charge in [-0.15, -0.1) is 0 Å². The Bertz CT molecular complexity index is 491. The molecule has 0 fully saturated rings. The van der Waals surface area contributed by atoms with E-state index < -0.39 is 19.2 Å². The van der Waals surface area contributed by atoms with Gasteiger partial charge in [-0.25, -0.2) is 0 Å². The van der Waals surface area contributed by atoms with E-state index in [0.29, 0.717) is 23.7 Å². The van der Waals surface area contributed by atoms with Gasteiger partial charge in [0.25, 0.3) is 0 Å². The van der Waals surface area contributed by atoms with E-state index in [2.05, 4.69) is 0 Å². The van der Waals surface area contributed by atoms with Crippen molar-refractivity contribution in [1.29, 1.82) is 0 Å². The Balaban J connectivity index is 2.13. The smallest absolute Gasteiger partial charge is 0.392 e. The van der Waals surface area contributed by atoms with Gasteiger partial charge in [-0.2, -0.15) is 13.2 Å². The molecule has 0 amide bonds. The average Bonchev–Trinajstić information content (AvgIpc) is 2.84. The molecule has 0 bridgehead atoms. The van der Waals surface area contributed by atoms with Gasteiger partial charge >= 0.3 is 6.18 Å². The van der Waals surface area contributed by atoms with Crippen LogP contribution < -0.4 is 19.9 Å². The first-order valence-corrected chi connectivity index (χ1v) is 6.76. The molecule has 0 saturated carbocycles. The van der Waals surface area contributed by atoms with Crippen molar-refractivity contribution in [3.8, 4) is 17.2 Å². The number of halogens is 3. The number of ether oxygens (including phenoxy) is 3. The van der Waals surface area contributed by atoms with E-state index in [1.165, 1.54) is 0 Å². The number of alkyl halides is 3. The SMILES string of the molecule is CCC(N)Cc1cc2c(cc1OCCC(F)(F)F)OCO2. The highest BCUT2D eigenvalue weighted by Gasteiger charge is 2.27. The maximum Gasteiger partial charge on any atom is 0.392 e. The third-order valence-electron chi connectivity index (χ3n) is 3.21. The number of hydrogen-bond acceptors (Lipinski definition) is 4. The zero-order chi connectivity index (χ0) is 15.5. The Labute approximate surface area is 121 Å². The number of benzene rings is 1. The molecule has 1 aromatic carbocycles. The second-order valence-electron chi connectivity index (χ2n) is 4.90. The standard InChI is InChI=1S/C14H18F3NO3/c1-2-10(18)5-9-6-12-13(21-8-20-12)7-11(9)19-4-3-14(15,16)17/h6-7,10H,2-5,8,18H2,1H3. The zero-order valence-corrected chi connectivity index (χ0v) is 11.7. The minimum absolute atomic E-state index is 0.0877. The highest BCUT2D eigenvalue weighted by Crippen LogP contribution is 2.39. The monoisotopic (exact) mass is 305 g/mol. The number of rotatable bonds is 6.